The van der Waals surface area contributed by atoms with Crippen LogP contribution >= 0.6 is 23.2 Å². The molecule has 94 valence electrons. The zero-order valence-corrected chi connectivity index (χ0v) is 11.0. The normalized spacial score (nSPS) is 10.4. The highest BCUT2D eigenvalue weighted by molar-refractivity contribution is 6.41. The smallest absolute Gasteiger partial charge is 0.253 e. The summed E-state index contributed by atoms with van der Waals surface area (Å²) in [7, 11) is 0. The number of furan rings is 1. The summed E-state index contributed by atoms with van der Waals surface area (Å²) in [5.74, 6) is 1.21. The number of nitrogens with one attached hydrogen (secondary N) is 1. The Balaban J connectivity index is 2.01. The predicted molar refractivity (Wildman–Crippen MR) is 68.9 cm³/mol. The number of pyridine rings is 1. The minimum atomic E-state index is -0.282. The van der Waals surface area contributed by atoms with Gasteiger partial charge in [0.1, 0.15) is 16.7 Å². The van der Waals surface area contributed by atoms with Gasteiger partial charge >= 0.3 is 0 Å². The van der Waals surface area contributed by atoms with Crippen molar-refractivity contribution in [3.05, 3.63) is 51.7 Å². The van der Waals surface area contributed by atoms with Gasteiger partial charge in [-0.15, -0.1) is 0 Å². The SMILES string of the molecule is Cc1ccc(CNC(=O)c2cnc(Cl)c(Cl)c2)o1. The van der Waals surface area contributed by atoms with Crippen LogP contribution in [-0.2, 0) is 6.54 Å². The number of aromatic nitrogens is 1. The minimum Gasteiger partial charge on any atom is -0.465 e. The molecule has 0 saturated carbocycles. The Morgan fingerprint density at radius 2 is 2.22 bits per heavy atom. The fraction of sp³-hybridized carbons (Fsp3) is 0.167. The molecule has 2 rings (SSSR count). The van der Waals surface area contributed by atoms with E-state index in [0.29, 0.717) is 17.9 Å². The molecule has 6 heteroatoms. The monoisotopic (exact) mass is 284 g/mol. The van der Waals surface area contributed by atoms with E-state index in [1.54, 1.807) is 0 Å². The second kappa shape index (κ2) is 5.42. The fourth-order valence-corrected chi connectivity index (χ4v) is 1.66. The summed E-state index contributed by atoms with van der Waals surface area (Å²) in [6.45, 7) is 2.15. The molecule has 0 atom stereocenters. The number of halogens is 2. The Morgan fingerprint density at radius 3 is 2.83 bits per heavy atom. The Hall–Kier alpha value is -1.52. The molecule has 0 radical (unpaired) electrons. The third-order valence-corrected chi connectivity index (χ3v) is 2.96. The minimum absolute atomic E-state index is 0.176. The van der Waals surface area contributed by atoms with Crippen LogP contribution < -0.4 is 5.32 Å². The van der Waals surface area contributed by atoms with Crippen molar-refractivity contribution in [1.29, 1.82) is 0 Å². The topological polar surface area (TPSA) is 55.1 Å². The van der Waals surface area contributed by atoms with Gasteiger partial charge in [-0.05, 0) is 25.1 Å². The lowest BCUT2D eigenvalue weighted by Gasteiger charge is -2.04. The lowest BCUT2D eigenvalue weighted by molar-refractivity contribution is 0.0947. The molecule has 18 heavy (non-hydrogen) atoms. The molecule has 1 amide bonds. The second-order valence-electron chi connectivity index (χ2n) is 3.69. The van der Waals surface area contributed by atoms with Gasteiger partial charge in [0.25, 0.3) is 5.91 Å². The van der Waals surface area contributed by atoms with E-state index < -0.39 is 0 Å². The first kappa shape index (κ1) is 12.9. The number of nitrogens with zero attached hydrogens (tertiary/aromatic N) is 1. The Morgan fingerprint density at radius 1 is 1.44 bits per heavy atom. The van der Waals surface area contributed by atoms with Gasteiger partial charge in [0.2, 0.25) is 0 Å². The molecule has 1 N–H and O–H groups in total. The van der Waals surface area contributed by atoms with Crippen molar-refractivity contribution in [3.63, 3.8) is 0 Å². The van der Waals surface area contributed by atoms with Crippen LogP contribution in [0.5, 0.6) is 0 Å². The number of carbonyl (C=O) groups excluding carboxylic acids is 1. The van der Waals surface area contributed by atoms with Gasteiger partial charge in [-0.25, -0.2) is 4.98 Å². The van der Waals surface area contributed by atoms with Crippen LogP contribution in [0.2, 0.25) is 10.2 Å². The molecule has 2 aromatic rings. The number of carbonyl (C=O) groups is 1. The standard InChI is InChI=1S/C12H10Cl2N2O2/c1-7-2-3-9(18-7)6-16-12(17)8-4-10(13)11(14)15-5-8/h2-5H,6H2,1H3,(H,16,17). The van der Waals surface area contributed by atoms with Gasteiger partial charge in [0, 0.05) is 6.20 Å². The Labute approximate surface area is 114 Å². The van der Waals surface area contributed by atoms with E-state index in [1.807, 2.05) is 19.1 Å². The molecule has 0 saturated heterocycles. The highest BCUT2D eigenvalue weighted by Crippen LogP contribution is 2.19. The van der Waals surface area contributed by atoms with E-state index in [1.165, 1.54) is 12.3 Å². The van der Waals surface area contributed by atoms with E-state index >= 15 is 0 Å². The summed E-state index contributed by atoms with van der Waals surface area (Å²) in [4.78, 5) is 15.6. The number of aryl methyl sites for hydroxylation is 1. The van der Waals surface area contributed by atoms with Gasteiger partial charge in [-0.1, -0.05) is 23.2 Å². The van der Waals surface area contributed by atoms with Gasteiger partial charge in [-0.2, -0.15) is 0 Å². The molecule has 0 aliphatic heterocycles. The third kappa shape index (κ3) is 3.03. The molecular weight excluding hydrogens is 275 g/mol. The Bertz CT molecular complexity index is 581. The molecule has 4 nitrogen and oxygen atoms in total. The molecule has 0 spiro atoms. The van der Waals surface area contributed by atoms with Crippen LogP contribution in [0.4, 0.5) is 0 Å². The van der Waals surface area contributed by atoms with Crippen LogP contribution in [0.15, 0.2) is 28.8 Å². The van der Waals surface area contributed by atoms with E-state index in [4.69, 9.17) is 27.6 Å². The van der Waals surface area contributed by atoms with Crippen molar-refractivity contribution in [2.24, 2.45) is 0 Å². The van der Waals surface area contributed by atoms with E-state index in [0.717, 1.165) is 5.76 Å². The average molecular weight is 285 g/mol. The number of hydrogen-bond acceptors (Lipinski definition) is 3. The van der Waals surface area contributed by atoms with Crippen molar-refractivity contribution >= 4 is 29.1 Å². The fourth-order valence-electron chi connectivity index (χ4n) is 1.39. The van der Waals surface area contributed by atoms with Gasteiger partial charge in [0.15, 0.2) is 0 Å². The molecular formula is C12H10Cl2N2O2. The Kier molecular flexibility index (Phi) is 3.89. The summed E-state index contributed by atoms with van der Waals surface area (Å²) >= 11 is 11.5. The maximum Gasteiger partial charge on any atom is 0.253 e. The molecule has 2 aromatic heterocycles. The zero-order chi connectivity index (χ0) is 13.1. The number of amides is 1. The first-order valence-electron chi connectivity index (χ1n) is 5.21. The summed E-state index contributed by atoms with van der Waals surface area (Å²) in [5, 5.41) is 3.12. The van der Waals surface area contributed by atoms with Crippen molar-refractivity contribution in [1.82, 2.24) is 10.3 Å². The molecule has 0 aliphatic carbocycles. The second-order valence-corrected chi connectivity index (χ2v) is 4.46. The van der Waals surface area contributed by atoms with E-state index in [-0.39, 0.29) is 16.1 Å². The lowest BCUT2D eigenvalue weighted by atomic mass is 10.2. The third-order valence-electron chi connectivity index (χ3n) is 2.28. The van der Waals surface area contributed by atoms with Crippen molar-refractivity contribution in [2.75, 3.05) is 0 Å². The molecule has 2 heterocycles. The number of hydrogen-bond donors (Lipinski definition) is 1. The zero-order valence-electron chi connectivity index (χ0n) is 9.54. The van der Waals surface area contributed by atoms with Gasteiger partial charge in [0.05, 0.1) is 17.1 Å². The van der Waals surface area contributed by atoms with Crippen LogP contribution in [0.3, 0.4) is 0 Å². The number of rotatable bonds is 3. The average Bonchev–Trinajstić information content (AvgIpc) is 2.75. The first-order valence-corrected chi connectivity index (χ1v) is 5.96. The van der Waals surface area contributed by atoms with Crippen LogP contribution in [0.25, 0.3) is 0 Å². The van der Waals surface area contributed by atoms with E-state index in [9.17, 15) is 4.79 Å². The maximum absolute atomic E-state index is 11.8. The molecule has 0 aromatic carbocycles. The van der Waals surface area contributed by atoms with Crippen molar-refractivity contribution in [3.8, 4) is 0 Å². The highest BCUT2D eigenvalue weighted by atomic mass is 35.5. The molecule has 0 fully saturated rings. The summed E-state index contributed by atoms with van der Waals surface area (Å²) in [6.07, 6.45) is 1.37. The quantitative estimate of drug-likeness (QED) is 0.881. The lowest BCUT2D eigenvalue weighted by Crippen LogP contribution is -2.22. The molecule has 0 bridgehead atoms. The van der Waals surface area contributed by atoms with Gasteiger partial charge in [-0.3, -0.25) is 4.79 Å². The van der Waals surface area contributed by atoms with E-state index in [2.05, 4.69) is 10.3 Å². The summed E-state index contributed by atoms with van der Waals surface area (Å²) in [6, 6.07) is 5.12. The molecule has 0 aliphatic rings. The summed E-state index contributed by atoms with van der Waals surface area (Å²) < 4.78 is 5.34. The van der Waals surface area contributed by atoms with Crippen LogP contribution in [0.1, 0.15) is 21.9 Å². The van der Waals surface area contributed by atoms with Gasteiger partial charge < -0.3 is 9.73 Å². The summed E-state index contributed by atoms with van der Waals surface area (Å²) in [5.41, 5.74) is 0.354. The molecule has 0 unspecified atom stereocenters. The largest absolute Gasteiger partial charge is 0.465 e. The van der Waals surface area contributed by atoms with Crippen molar-refractivity contribution < 1.29 is 9.21 Å². The first-order chi connectivity index (χ1) is 8.56. The maximum atomic E-state index is 11.8. The predicted octanol–water partition coefficient (Wildman–Crippen LogP) is 3.22. The highest BCUT2D eigenvalue weighted by Gasteiger charge is 2.09. The van der Waals surface area contributed by atoms with Crippen LogP contribution in [0, 0.1) is 6.92 Å². The van der Waals surface area contributed by atoms with Crippen LogP contribution in [-0.4, -0.2) is 10.9 Å². The van der Waals surface area contributed by atoms with Crippen molar-refractivity contribution in [2.45, 2.75) is 13.5 Å².